The number of benzene rings is 1. The van der Waals surface area contributed by atoms with E-state index in [0.29, 0.717) is 0 Å². The first-order valence-corrected chi connectivity index (χ1v) is 6.95. The van der Waals surface area contributed by atoms with Crippen LogP contribution in [0.4, 0.5) is 4.39 Å². The lowest BCUT2D eigenvalue weighted by Gasteiger charge is -2.12. The van der Waals surface area contributed by atoms with Gasteiger partial charge in [0.1, 0.15) is 10.8 Å². The third kappa shape index (κ3) is 3.55. The molecule has 1 heterocycles. The second-order valence-corrected chi connectivity index (χ2v) is 5.76. The fraction of sp³-hybridized carbons (Fsp3) is 0.267. The lowest BCUT2D eigenvalue weighted by molar-refractivity contribution is 0.619. The number of hydrogen-bond acceptors (Lipinski definition) is 3. The van der Waals surface area contributed by atoms with Crippen molar-refractivity contribution in [2.24, 2.45) is 5.73 Å². The fourth-order valence-corrected chi connectivity index (χ4v) is 3.10. The van der Waals surface area contributed by atoms with Crippen molar-refractivity contribution in [2.75, 3.05) is 0 Å². The molecule has 2 nitrogen and oxygen atoms in total. The number of nitrogens with two attached hydrogens (primary N) is 1. The highest BCUT2D eigenvalue weighted by molar-refractivity contribution is 7.99. The molecule has 1 atom stereocenters. The molecule has 0 fully saturated rings. The van der Waals surface area contributed by atoms with Crippen LogP contribution < -0.4 is 5.73 Å². The van der Waals surface area contributed by atoms with E-state index in [-0.39, 0.29) is 11.9 Å². The van der Waals surface area contributed by atoms with Gasteiger partial charge >= 0.3 is 0 Å². The minimum atomic E-state index is -0.259. The van der Waals surface area contributed by atoms with Crippen LogP contribution in [0.2, 0.25) is 0 Å². The van der Waals surface area contributed by atoms with Crippen LogP contribution in [0.25, 0.3) is 0 Å². The molecule has 0 spiro atoms. The zero-order valence-corrected chi connectivity index (χ0v) is 12.1. The number of nitrogens with zero attached hydrogens (tertiary/aromatic N) is 1. The van der Waals surface area contributed by atoms with Crippen LogP contribution in [0.5, 0.6) is 0 Å². The third-order valence-electron chi connectivity index (χ3n) is 2.75. The zero-order chi connectivity index (χ0) is 14.0. The predicted octanol–water partition coefficient (Wildman–Crippen LogP) is 4.01. The maximum absolute atomic E-state index is 13.3. The van der Waals surface area contributed by atoms with Gasteiger partial charge in [0.05, 0.1) is 0 Å². The van der Waals surface area contributed by atoms with Crippen molar-refractivity contribution >= 4 is 11.8 Å². The highest BCUT2D eigenvalue weighted by Gasteiger charge is 2.10. The number of aryl methyl sites for hydroxylation is 2. The van der Waals surface area contributed by atoms with E-state index >= 15 is 0 Å². The van der Waals surface area contributed by atoms with Crippen molar-refractivity contribution in [3.8, 4) is 0 Å². The molecular weight excluding hydrogens is 259 g/mol. The largest absolute Gasteiger partial charge is 0.324 e. The molecule has 0 aliphatic carbocycles. The summed E-state index contributed by atoms with van der Waals surface area (Å²) in [5.41, 5.74) is 8.85. The number of hydrogen-bond donors (Lipinski definition) is 1. The molecule has 2 rings (SSSR count). The normalized spacial score (nSPS) is 12.5. The average molecular weight is 276 g/mol. The SMILES string of the molecule is Cc1cc(C)nc(Sc2ccc(F)cc2[C@@H](C)N)c1. The van der Waals surface area contributed by atoms with E-state index in [2.05, 4.69) is 4.98 Å². The Morgan fingerprint density at radius 2 is 1.95 bits per heavy atom. The first-order chi connectivity index (χ1) is 8.95. The van der Waals surface area contributed by atoms with Gasteiger partial charge < -0.3 is 5.73 Å². The Morgan fingerprint density at radius 3 is 2.58 bits per heavy atom. The lowest BCUT2D eigenvalue weighted by Crippen LogP contribution is -2.07. The molecule has 4 heteroatoms. The first kappa shape index (κ1) is 14.0. The minimum Gasteiger partial charge on any atom is -0.324 e. The van der Waals surface area contributed by atoms with Crippen molar-refractivity contribution in [3.05, 3.63) is 53.0 Å². The zero-order valence-electron chi connectivity index (χ0n) is 11.3. The van der Waals surface area contributed by atoms with E-state index in [1.807, 2.05) is 32.9 Å². The average Bonchev–Trinajstić information content (AvgIpc) is 2.30. The summed E-state index contributed by atoms with van der Waals surface area (Å²) in [5, 5.41) is 0.908. The quantitative estimate of drug-likeness (QED) is 0.920. The first-order valence-electron chi connectivity index (χ1n) is 6.14. The number of rotatable bonds is 3. The molecule has 0 saturated carbocycles. The maximum atomic E-state index is 13.3. The van der Waals surface area contributed by atoms with Crippen LogP contribution in [-0.2, 0) is 0 Å². The Kier molecular flexibility index (Phi) is 4.22. The summed E-state index contributed by atoms with van der Waals surface area (Å²) in [6, 6.07) is 8.56. The summed E-state index contributed by atoms with van der Waals surface area (Å²) in [4.78, 5) is 5.43. The van der Waals surface area contributed by atoms with Crippen LogP contribution in [0.15, 0.2) is 40.3 Å². The number of pyridine rings is 1. The van der Waals surface area contributed by atoms with Gasteiger partial charge in [-0.1, -0.05) is 11.8 Å². The van der Waals surface area contributed by atoms with Gasteiger partial charge in [-0.3, -0.25) is 0 Å². The number of halogens is 1. The van der Waals surface area contributed by atoms with E-state index in [4.69, 9.17) is 5.73 Å². The fourth-order valence-electron chi connectivity index (χ4n) is 1.94. The molecule has 0 unspecified atom stereocenters. The topological polar surface area (TPSA) is 38.9 Å². The molecule has 100 valence electrons. The molecule has 0 aliphatic heterocycles. The molecule has 0 saturated heterocycles. The van der Waals surface area contributed by atoms with Crippen LogP contribution in [-0.4, -0.2) is 4.98 Å². The van der Waals surface area contributed by atoms with Crippen LogP contribution in [0.3, 0.4) is 0 Å². The van der Waals surface area contributed by atoms with Crippen molar-refractivity contribution in [1.29, 1.82) is 0 Å². The smallest absolute Gasteiger partial charge is 0.123 e. The van der Waals surface area contributed by atoms with Gasteiger partial charge in [-0.2, -0.15) is 0 Å². The van der Waals surface area contributed by atoms with Gasteiger partial charge in [0.25, 0.3) is 0 Å². The standard InChI is InChI=1S/C15H17FN2S/c1-9-6-10(2)18-15(7-9)19-14-5-4-12(16)8-13(14)11(3)17/h4-8,11H,17H2,1-3H3/t11-/m1/s1. The van der Waals surface area contributed by atoms with Crippen molar-refractivity contribution in [2.45, 2.75) is 36.7 Å². The molecular formula is C15H17FN2S. The molecule has 1 aromatic carbocycles. The summed E-state index contributed by atoms with van der Waals surface area (Å²) in [6.07, 6.45) is 0. The second kappa shape index (κ2) is 5.72. The second-order valence-electron chi connectivity index (χ2n) is 4.70. The lowest BCUT2D eigenvalue weighted by atomic mass is 10.1. The summed E-state index contributed by atoms with van der Waals surface area (Å²) in [7, 11) is 0. The van der Waals surface area contributed by atoms with Gasteiger partial charge in [0.15, 0.2) is 0 Å². The Hall–Kier alpha value is -1.39. The Balaban J connectivity index is 2.37. The maximum Gasteiger partial charge on any atom is 0.123 e. The van der Waals surface area contributed by atoms with E-state index in [0.717, 1.165) is 21.2 Å². The molecule has 2 aromatic rings. The van der Waals surface area contributed by atoms with E-state index < -0.39 is 0 Å². The summed E-state index contributed by atoms with van der Waals surface area (Å²) in [5.74, 6) is -0.259. The summed E-state index contributed by atoms with van der Waals surface area (Å²) in [6.45, 7) is 5.86. The highest BCUT2D eigenvalue weighted by Crippen LogP contribution is 2.32. The molecule has 1 aromatic heterocycles. The Morgan fingerprint density at radius 1 is 1.21 bits per heavy atom. The molecule has 0 amide bonds. The summed E-state index contributed by atoms with van der Waals surface area (Å²) < 4.78 is 13.3. The van der Waals surface area contributed by atoms with E-state index in [1.54, 1.807) is 6.07 Å². The van der Waals surface area contributed by atoms with Gasteiger partial charge in [-0.05, 0) is 62.2 Å². The van der Waals surface area contributed by atoms with E-state index in [9.17, 15) is 4.39 Å². The minimum absolute atomic E-state index is 0.205. The van der Waals surface area contributed by atoms with Crippen molar-refractivity contribution in [1.82, 2.24) is 4.98 Å². The van der Waals surface area contributed by atoms with Gasteiger partial charge in [0.2, 0.25) is 0 Å². The molecule has 2 N–H and O–H groups in total. The van der Waals surface area contributed by atoms with E-state index in [1.165, 1.54) is 29.5 Å². The molecule has 0 aliphatic rings. The van der Waals surface area contributed by atoms with Gasteiger partial charge in [-0.25, -0.2) is 9.37 Å². The van der Waals surface area contributed by atoms with Crippen LogP contribution in [0, 0.1) is 19.7 Å². The Bertz CT molecular complexity index is 576. The van der Waals surface area contributed by atoms with Gasteiger partial charge in [0, 0.05) is 16.6 Å². The number of aromatic nitrogens is 1. The Labute approximate surface area is 117 Å². The monoisotopic (exact) mass is 276 g/mol. The van der Waals surface area contributed by atoms with Crippen molar-refractivity contribution < 1.29 is 4.39 Å². The van der Waals surface area contributed by atoms with Crippen molar-refractivity contribution in [3.63, 3.8) is 0 Å². The third-order valence-corrected chi connectivity index (χ3v) is 3.76. The van der Waals surface area contributed by atoms with Crippen LogP contribution in [0.1, 0.15) is 29.8 Å². The predicted molar refractivity (Wildman–Crippen MR) is 76.8 cm³/mol. The summed E-state index contributed by atoms with van der Waals surface area (Å²) >= 11 is 1.52. The molecule has 0 radical (unpaired) electrons. The highest BCUT2D eigenvalue weighted by atomic mass is 32.2. The molecule has 19 heavy (non-hydrogen) atoms. The van der Waals surface area contributed by atoms with Gasteiger partial charge in [-0.15, -0.1) is 0 Å². The molecule has 0 bridgehead atoms. The van der Waals surface area contributed by atoms with Crippen LogP contribution >= 0.6 is 11.8 Å².